The Morgan fingerprint density at radius 1 is 1.24 bits per heavy atom. The number of phosphoric ester groups is 1. The van der Waals surface area contributed by atoms with Crippen LogP contribution in [0.25, 0.3) is 0 Å². The molecule has 0 fully saturated rings. The quantitative estimate of drug-likeness (QED) is 0.260. The van der Waals surface area contributed by atoms with Crippen molar-refractivity contribution in [3.63, 3.8) is 0 Å². The Kier molecular flexibility index (Phi) is 11.6. The summed E-state index contributed by atoms with van der Waals surface area (Å²) in [4.78, 5) is 32.9. The van der Waals surface area contributed by atoms with Crippen LogP contribution in [0.15, 0.2) is 0 Å². The first-order valence-electron chi connectivity index (χ1n) is 7.89. The van der Waals surface area contributed by atoms with Crippen molar-refractivity contribution >= 4 is 31.4 Å². The molecule has 2 atom stereocenters. The maximum Gasteiger partial charge on any atom is 0.472 e. The van der Waals surface area contributed by atoms with E-state index in [1.807, 2.05) is 6.26 Å². The molecule has 0 bridgehead atoms. The van der Waals surface area contributed by atoms with Gasteiger partial charge < -0.3 is 20.6 Å². The average molecular weight is 400 g/mol. The standard InChI is InChI=1S/C14H29N2O7PS/c1-5-22-24(20,21)23-10-14(2,3)12(18)13(19)16-7-6-11(17)15-8-9-25-4/h12,18H,5-10H2,1-4H3,(H,15,17)(H,16,19)(H,20,21). The first kappa shape index (κ1) is 24.4. The van der Waals surface area contributed by atoms with Gasteiger partial charge in [-0.25, -0.2) is 4.57 Å². The van der Waals surface area contributed by atoms with Gasteiger partial charge >= 0.3 is 7.82 Å². The molecule has 0 aromatic carbocycles. The van der Waals surface area contributed by atoms with Gasteiger partial charge in [0.05, 0.1) is 13.2 Å². The second-order valence-electron chi connectivity index (χ2n) is 5.93. The first-order chi connectivity index (χ1) is 11.6. The van der Waals surface area contributed by atoms with E-state index in [-0.39, 0.29) is 32.1 Å². The van der Waals surface area contributed by atoms with E-state index in [4.69, 9.17) is 4.52 Å². The number of rotatable bonds is 13. The third-order valence-corrected chi connectivity index (χ3v) is 4.81. The van der Waals surface area contributed by atoms with Gasteiger partial charge in [-0.15, -0.1) is 0 Å². The highest BCUT2D eigenvalue weighted by molar-refractivity contribution is 7.98. The van der Waals surface area contributed by atoms with Crippen LogP contribution in [-0.4, -0.2) is 66.2 Å². The lowest BCUT2D eigenvalue weighted by atomic mass is 9.87. The molecule has 11 heteroatoms. The van der Waals surface area contributed by atoms with Gasteiger partial charge in [0.15, 0.2) is 0 Å². The largest absolute Gasteiger partial charge is 0.472 e. The molecule has 0 aromatic heterocycles. The maximum atomic E-state index is 12.0. The molecule has 2 unspecified atom stereocenters. The Bertz CT molecular complexity index is 476. The highest BCUT2D eigenvalue weighted by Crippen LogP contribution is 2.44. The van der Waals surface area contributed by atoms with Gasteiger partial charge in [0.1, 0.15) is 6.10 Å². The molecule has 0 spiro atoms. The second-order valence-corrected chi connectivity index (χ2v) is 8.37. The Hall–Kier alpha value is -0.640. The number of amides is 2. The molecule has 0 aliphatic carbocycles. The van der Waals surface area contributed by atoms with Gasteiger partial charge in [0.2, 0.25) is 11.8 Å². The van der Waals surface area contributed by atoms with Gasteiger partial charge in [-0.05, 0) is 13.2 Å². The Morgan fingerprint density at radius 3 is 2.44 bits per heavy atom. The normalized spacial score (nSPS) is 15.3. The van der Waals surface area contributed by atoms with Crippen LogP contribution in [0.1, 0.15) is 27.2 Å². The van der Waals surface area contributed by atoms with E-state index in [1.54, 1.807) is 11.8 Å². The minimum Gasteiger partial charge on any atom is -0.383 e. The Labute approximate surface area is 152 Å². The monoisotopic (exact) mass is 400 g/mol. The number of hydrogen-bond donors (Lipinski definition) is 4. The highest BCUT2D eigenvalue weighted by atomic mass is 32.2. The van der Waals surface area contributed by atoms with E-state index in [1.165, 1.54) is 20.8 Å². The van der Waals surface area contributed by atoms with Gasteiger partial charge in [-0.3, -0.25) is 18.6 Å². The molecule has 0 aliphatic heterocycles. The first-order valence-corrected chi connectivity index (χ1v) is 10.8. The fourth-order valence-corrected chi connectivity index (χ4v) is 2.86. The molecular weight excluding hydrogens is 371 g/mol. The van der Waals surface area contributed by atoms with Crippen molar-refractivity contribution < 1.29 is 33.2 Å². The molecule has 0 aliphatic rings. The topological polar surface area (TPSA) is 134 Å². The van der Waals surface area contributed by atoms with Gasteiger partial charge in [0, 0.05) is 30.7 Å². The lowest BCUT2D eigenvalue weighted by Gasteiger charge is -2.29. The van der Waals surface area contributed by atoms with Crippen LogP contribution in [0.2, 0.25) is 0 Å². The average Bonchev–Trinajstić information content (AvgIpc) is 2.52. The third-order valence-electron chi connectivity index (χ3n) is 3.16. The zero-order valence-electron chi connectivity index (χ0n) is 15.1. The van der Waals surface area contributed by atoms with Gasteiger partial charge in [-0.1, -0.05) is 13.8 Å². The number of phosphoric acid groups is 1. The molecule has 9 nitrogen and oxygen atoms in total. The molecular formula is C14H29N2O7PS. The molecule has 0 heterocycles. The van der Waals surface area contributed by atoms with Crippen LogP contribution in [-0.2, 0) is 23.2 Å². The van der Waals surface area contributed by atoms with Crippen molar-refractivity contribution in [2.24, 2.45) is 5.41 Å². The number of carbonyl (C=O) groups is 2. The van der Waals surface area contributed by atoms with E-state index in [2.05, 4.69) is 15.2 Å². The van der Waals surface area contributed by atoms with Crippen LogP contribution in [0.4, 0.5) is 0 Å². The minimum absolute atomic E-state index is 0.00372. The third kappa shape index (κ3) is 10.8. The van der Waals surface area contributed by atoms with Crippen LogP contribution in [0.3, 0.4) is 0 Å². The predicted octanol–water partition coefficient (Wildman–Crippen LogP) is 0.513. The van der Waals surface area contributed by atoms with Crippen LogP contribution < -0.4 is 10.6 Å². The van der Waals surface area contributed by atoms with Crippen molar-refractivity contribution in [1.82, 2.24) is 10.6 Å². The number of aliphatic hydroxyl groups is 1. The predicted molar refractivity (Wildman–Crippen MR) is 96.2 cm³/mol. The van der Waals surface area contributed by atoms with Crippen molar-refractivity contribution in [2.75, 3.05) is 38.3 Å². The molecule has 4 N–H and O–H groups in total. The van der Waals surface area contributed by atoms with E-state index in [9.17, 15) is 24.2 Å². The maximum absolute atomic E-state index is 12.0. The molecule has 0 rings (SSSR count). The molecule has 0 aromatic rings. The molecule has 25 heavy (non-hydrogen) atoms. The summed E-state index contributed by atoms with van der Waals surface area (Å²) >= 11 is 1.61. The van der Waals surface area contributed by atoms with Gasteiger partial charge in [0.25, 0.3) is 0 Å². The number of thioether (sulfide) groups is 1. The number of nitrogens with one attached hydrogen (secondary N) is 2. The lowest BCUT2D eigenvalue weighted by molar-refractivity contribution is -0.137. The smallest absolute Gasteiger partial charge is 0.383 e. The Balaban J connectivity index is 4.28. The van der Waals surface area contributed by atoms with Crippen molar-refractivity contribution in [1.29, 1.82) is 0 Å². The summed E-state index contributed by atoms with van der Waals surface area (Å²) in [5.41, 5.74) is -1.12. The fraction of sp³-hybridized carbons (Fsp3) is 0.857. The highest BCUT2D eigenvalue weighted by Gasteiger charge is 2.36. The summed E-state index contributed by atoms with van der Waals surface area (Å²) in [6, 6.07) is 0. The molecule has 0 saturated heterocycles. The van der Waals surface area contributed by atoms with E-state index >= 15 is 0 Å². The van der Waals surface area contributed by atoms with Crippen LogP contribution in [0, 0.1) is 5.41 Å². The summed E-state index contributed by atoms with van der Waals surface area (Å²) in [5, 5.41) is 15.3. The molecule has 2 amide bonds. The number of hydrogen-bond acceptors (Lipinski definition) is 7. The number of carbonyl (C=O) groups excluding carboxylic acids is 2. The van der Waals surface area contributed by atoms with E-state index in [0.29, 0.717) is 6.54 Å². The van der Waals surface area contributed by atoms with Crippen molar-refractivity contribution in [3.8, 4) is 0 Å². The fourth-order valence-electron chi connectivity index (χ4n) is 1.66. The van der Waals surface area contributed by atoms with Crippen molar-refractivity contribution in [3.05, 3.63) is 0 Å². The minimum atomic E-state index is -4.20. The zero-order valence-corrected chi connectivity index (χ0v) is 16.8. The summed E-state index contributed by atoms with van der Waals surface area (Å²) in [7, 11) is -4.20. The second kappa shape index (κ2) is 11.9. The van der Waals surface area contributed by atoms with Crippen molar-refractivity contribution in [2.45, 2.75) is 33.3 Å². The summed E-state index contributed by atoms with van der Waals surface area (Å²) < 4.78 is 20.8. The van der Waals surface area contributed by atoms with E-state index < -0.39 is 25.2 Å². The van der Waals surface area contributed by atoms with Crippen LogP contribution in [0.5, 0.6) is 0 Å². The summed E-state index contributed by atoms with van der Waals surface area (Å²) in [6.07, 6.45) is 0.553. The van der Waals surface area contributed by atoms with Gasteiger partial charge in [-0.2, -0.15) is 11.8 Å². The Morgan fingerprint density at radius 2 is 1.88 bits per heavy atom. The van der Waals surface area contributed by atoms with Crippen LogP contribution >= 0.6 is 19.6 Å². The summed E-state index contributed by atoms with van der Waals surface area (Å²) in [6.45, 7) is 4.84. The lowest BCUT2D eigenvalue weighted by Crippen LogP contribution is -2.46. The SMILES string of the molecule is CCOP(=O)(O)OCC(C)(C)C(O)C(=O)NCCC(=O)NCCSC. The van der Waals surface area contributed by atoms with E-state index in [0.717, 1.165) is 5.75 Å². The zero-order chi connectivity index (χ0) is 19.5. The molecule has 0 saturated carbocycles. The molecule has 0 radical (unpaired) electrons. The molecule has 148 valence electrons. The summed E-state index contributed by atoms with van der Waals surface area (Å²) in [5.74, 6) is -0.0689. The number of aliphatic hydroxyl groups excluding tert-OH is 1.